The molecule has 0 radical (unpaired) electrons. The van der Waals surface area contributed by atoms with Gasteiger partial charge in [-0.3, -0.25) is 4.79 Å². The highest BCUT2D eigenvalue weighted by molar-refractivity contribution is 7.99. The minimum absolute atomic E-state index is 0.00922. The summed E-state index contributed by atoms with van der Waals surface area (Å²) >= 11 is 1.85. The fourth-order valence-corrected chi connectivity index (χ4v) is 3.14. The molecule has 24 heavy (non-hydrogen) atoms. The van der Waals surface area contributed by atoms with Crippen molar-refractivity contribution >= 4 is 23.4 Å². The van der Waals surface area contributed by atoms with Crippen LogP contribution in [0, 0.1) is 0 Å². The van der Waals surface area contributed by atoms with Crippen LogP contribution in [0.1, 0.15) is 25.8 Å². The molecule has 0 aliphatic carbocycles. The Morgan fingerprint density at radius 1 is 1.08 bits per heavy atom. The summed E-state index contributed by atoms with van der Waals surface area (Å²) in [7, 11) is 0. The number of thioether (sulfide) groups is 1. The van der Waals surface area contributed by atoms with Crippen molar-refractivity contribution in [3.05, 3.63) is 60.2 Å². The highest BCUT2D eigenvalue weighted by Crippen LogP contribution is 2.17. The predicted octanol–water partition coefficient (Wildman–Crippen LogP) is 4.35. The molecule has 0 aromatic heterocycles. The van der Waals surface area contributed by atoms with Crippen molar-refractivity contribution in [1.29, 1.82) is 0 Å². The molecule has 1 amide bonds. The number of carbonyl (C=O) groups excluding carboxylic acids is 1. The molecule has 4 heteroatoms. The molecule has 1 unspecified atom stereocenters. The molecular weight excluding hydrogens is 316 g/mol. The topological polar surface area (TPSA) is 41.1 Å². The molecule has 0 heterocycles. The first kappa shape index (κ1) is 18.6. The standard InChI is InChI=1S/C20H26N2OS/c1-3-17-10-12-18(13-11-17)22-20(23)16(2)21-14-7-15-24-19-8-5-4-6-9-19/h4-6,8-13,16,21H,3,7,14-15H2,1-2H3,(H,22,23). The van der Waals surface area contributed by atoms with Gasteiger partial charge in [-0.2, -0.15) is 0 Å². The van der Waals surface area contributed by atoms with E-state index in [0.717, 1.165) is 30.8 Å². The van der Waals surface area contributed by atoms with Crippen molar-refractivity contribution in [2.45, 2.75) is 37.6 Å². The monoisotopic (exact) mass is 342 g/mol. The molecule has 2 rings (SSSR count). The van der Waals surface area contributed by atoms with Crippen molar-refractivity contribution < 1.29 is 4.79 Å². The fraction of sp³-hybridized carbons (Fsp3) is 0.350. The molecule has 0 aliphatic heterocycles. The van der Waals surface area contributed by atoms with Gasteiger partial charge in [-0.05, 0) is 61.9 Å². The molecule has 128 valence electrons. The normalized spacial score (nSPS) is 11.9. The van der Waals surface area contributed by atoms with E-state index >= 15 is 0 Å². The molecule has 3 nitrogen and oxygen atoms in total. The number of benzene rings is 2. The first-order valence-electron chi connectivity index (χ1n) is 8.50. The van der Waals surface area contributed by atoms with Gasteiger partial charge in [0.1, 0.15) is 0 Å². The number of amides is 1. The summed E-state index contributed by atoms with van der Waals surface area (Å²) in [4.78, 5) is 13.5. The van der Waals surface area contributed by atoms with Gasteiger partial charge < -0.3 is 10.6 Å². The lowest BCUT2D eigenvalue weighted by Gasteiger charge is -2.14. The van der Waals surface area contributed by atoms with E-state index in [1.54, 1.807) is 0 Å². The van der Waals surface area contributed by atoms with Crippen LogP contribution >= 0.6 is 11.8 Å². The summed E-state index contributed by atoms with van der Waals surface area (Å²) in [5.41, 5.74) is 2.13. The Hall–Kier alpha value is -1.78. The van der Waals surface area contributed by atoms with Gasteiger partial charge in [-0.25, -0.2) is 0 Å². The molecule has 0 spiro atoms. The average Bonchev–Trinajstić information content (AvgIpc) is 2.62. The van der Waals surface area contributed by atoms with Crippen molar-refractivity contribution in [3.8, 4) is 0 Å². The molecule has 2 aromatic rings. The Balaban J connectivity index is 1.64. The van der Waals surface area contributed by atoms with Crippen LogP contribution in [0.2, 0.25) is 0 Å². The van der Waals surface area contributed by atoms with Crippen molar-refractivity contribution in [2.75, 3.05) is 17.6 Å². The van der Waals surface area contributed by atoms with Gasteiger partial charge in [-0.1, -0.05) is 37.3 Å². The van der Waals surface area contributed by atoms with E-state index in [1.165, 1.54) is 10.5 Å². The summed E-state index contributed by atoms with van der Waals surface area (Å²) in [6, 6.07) is 18.2. The molecule has 0 saturated carbocycles. The third-order valence-corrected chi connectivity index (χ3v) is 4.90. The van der Waals surface area contributed by atoms with Gasteiger partial charge >= 0.3 is 0 Å². The van der Waals surface area contributed by atoms with E-state index in [9.17, 15) is 4.79 Å². The van der Waals surface area contributed by atoms with Crippen LogP contribution in [0.3, 0.4) is 0 Å². The lowest BCUT2D eigenvalue weighted by molar-refractivity contribution is -0.117. The number of anilines is 1. The zero-order valence-corrected chi connectivity index (χ0v) is 15.2. The van der Waals surface area contributed by atoms with Gasteiger partial charge in [0, 0.05) is 10.6 Å². The van der Waals surface area contributed by atoms with E-state index in [1.807, 2.05) is 36.9 Å². The van der Waals surface area contributed by atoms with Gasteiger partial charge in [-0.15, -0.1) is 11.8 Å². The van der Waals surface area contributed by atoms with Crippen LogP contribution in [0.4, 0.5) is 5.69 Å². The van der Waals surface area contributed by atoms with Gasteiger partial charge in [0.2, 0.25) is 5.91 Å². The van der Waals surface area contributed by atoms with Crippen LogP contribution in [0.15, 0.2) is 59.5 Å². The van der Waals surface area contributed by atoms with E-state index in [-0.39, 0.29) is 11.9 Å². The lowest BCUT2D eigenvalue weighted by Crippen LogP contribution is -2.38. The summed E-state index contributed by atoms with van der Waals surface area (Å²) in [5.74, 6) is 1.05. The van der Waals surface area contributed by atoms with Crippen LogP contribution in [0.5, 0.6) is 0 Å². The average molecular weight is 343 g/mol. The zero-order valence-electron chi connectivity index (χ0n) is 14.4. The lowest BCUT2D eigenvalue weighted by atomic mass is 10.1. The minimum Gasteiger partial charge on any atom is -0.325 e. The zero-order chi connectivity index (χ0) is 17.2. The smallest absolute Gasteiger partial charge is 0.241 e. The second-order valence-electron chi connectivity index (χ2n) is 5.73. The van der Waals surface area contributed by atoms with E-state index in [2.05, 4.69) is 54.0 Å². The molecule has 0 aliphatic rings. The quantitative estimate of drug-likeness (QED) is 0.526. The number of hydrogen-bond acceptors (Lipinski definition) is 3. The Labute approximate surface area is 149 Å². The Kier molecular flexibility index (Phi) is 7.86. The van der Waals surface area contributed by atoms with E-state index in [0.29, 0.717) is 0 Å². The Bertz CT molecular complexity index is 613. The molecule has 2 N–H and O–H groups in total. The molecule has 1 atom stereocenters. The number of carbonyl (C=O) groups is 1. The Morgan fingerprint density at radius 2 is 1.79 bits per heavy atom. The molecule has 0 saturated heterocycles. The van der Waals surface area contributed by atoms with E-state index in [4.69, 9.17) is 0 Å². The van der Waals surface area contributed by atoms with Gasteiger partial charge in [0.25, 0.3) is 0 Å². The highest BCUT2D eigenvalue weighted by atomic mass is 32.2. The maximum absolute atomic E-state index is 12.2. The summed E-state index contributed by atoms with van der Waals surface area (Å²) in [6.45, 7) is 4.86. The third-order valence-electron chi connectivity index (χ3n) is 3.81. The molecule has 0 bridgehead atoms. The van der Waals surface area contributed by atoms with Crippen LogP contribution in [-0.2, 0) is 11.2 Å². The minimum atomic E-state index is -0.197. The molecule has 2 aromatic carbocycles. The van der Waals surface area contributed by atoms with Crippen LogP contribution in [0.25, 0.3) is 0 Å². The Morgan fingerprint density at radius 3 is 2.46 bits per heavy atom. The van der Waals surface area contributed by atoms with Crippen LogP contribution < -0.4 is 10.6 Å². The number of aryl methyl sites for hydroxylation is 1. The second-order valence-corrected chi connectivity index (χ2v) is 6.90. The first-order valence-corrected chi connectivity index (χ1v) is 9.48. The van der Waals surface area contributed by atoms with Gasteiger partial charge in [0.05, 0.1) is 6.04 Å². The maximum Gasteiger partial charge on any atom is 0.241 e. The predicted molar refractivity (Wildman–Crippen MR) is 104 cm³/mol. The largest absolute Gasteiger partial charge is 0.325 e. The maximum atomic E-state index is 12.2. The van der Waals surface area contributed by atoms with Gasteiger partial charge in [0.15, 0.2) is 0 Å². The van der Waals surface area contributed by atoms with E-state index < -0.39 is 0 Å². The third kappa shape index (κ3) is 6.38. The number of nitrogens with one attached hydrogen (secondary N) is 2. The SMILES string of the molecule is CCc1ccc(NC(=O)C(C)NCCCSc2ccccc2)cc1. The summed E-state index contributed by atoms with van der Waals surface area (Å²) in [5, 5.41) is 6.24. The number of rotatable bonds is 9. The highest BCUT2D eigenvalue weighted by Gasteiger charge is 2.11. The fourth-order valence-electron chi connectivity index (χ4n) is 2.26. The van der Waals surface area contributed by atoms with Crippen LogP contribution in [-0.4, -0.2) is 24.2 Å². The first-order chi connectivity index (χ1) is 11.7. The summed E-state index contributed by atoms with van der Waals surface area (Å²) in [6.07, 6.45) is 2.04. The molecule has 0 fully saturated rings. The van der Waals surface area contributed by atoms with Crippen molar-refractivity contribution in [2.24, 2.45) is 0 Å². The van der Waals surface area contributed by atoms with Crippen molar-refractivity contribution in [3.63, 3.8) is 0 Å². The summed E-state index contributed by atoms with van der Waals surface area (Å²) < 4.78 is 0. The molecular formula is C20H26N2OS. The van der Waals surface area contributed by atoms with Crippen molar-refractivity contribution in [1.82, 2.24) is 5.32 Å². The number of hydrogen-bond donors (Lipinski definition) is 2. The second kappa shape index (κ2) is 10.2.